The lowest BCUT2D eigenvalue weighted by atomic mass is 9.88. The van der Waals surface area contributed by atoms with Gasteiger partial charge in [0.05, 0.1) is 6.61 Å². The molecule has 2 aromatic carbocycles. The highest BCUT2D eigenvalue weighted by molar-refractivity contribution is 5.80. The maximum atomic E-state index is 12.7. The lowest BCUT2D eigenvalue weighted by Crippen LogP contribution is -2.26. The highest BCUT2D eigenvalue weighted by atomic mass is 16.7. The van der Waals surface area contributed by atoms with E-state index in [-0.39, 0.29) is 13.4 Å². The number of fused-ring (bicyclic) bond motifs is 1. The van der Waals surface area contributed by atoms with Gasteiger partial charge in [-0.15, -0.1) is 0 Å². The molecular weight excluding hydrogens is 336 g/mol. The zero-order valence-corrected chi connectivity index (χ0v) is 14.6. The van der Waals surface area contributed by atoms with Crippen molar-refractivity contribution in [1.82, 2.24) is 0 Å². The van der Waals surface area contributed by atoms with Crippen LogP contribution in [0.5, 0.6) is 11.5 Å². The summed E-state index contributed by atoms with van der Waals surface area (Å²) in [6.07, 6.45) is -0.844. The highest BCUT2D eigenvalue weighted by Crippen LogP contribution is 2.40. The van der Waals surface area contributed by atoms with Crippen LogP contribution < -0.4 is 9.47 Å². The highest BCUT2D eigenvalue weighted by Gasteiger charge is 2.35. The summed E-state index contributed by atoms with van der Waals surface area (Å²) in [6.45, 7) is 3.42. The molecule has 1 heterocycles. The van der Waals surface area contributed by atoms with Gasteiger partial charge in [-0.1, -0.05) is 36.4 Å². The Labute approximate surface area is 151 Å². The summed E-state index contributed by atoms with van der Waals surface area (Å²) in [5.74, 6) is -0.570. The Morgan fingerprint density at radius 2 is 1.77 bits per heavy atom. The molecule has 1 aliphatic rings. The summed E-state index contributed by atoms with van der Waals surface area (Å²) in [5, 5.41) is 0. The zero-order chi connectivity index (χ0) is 18.5. The smallest absolute Gasteiger partial charge is 0.317 e. The van der Waals surface area contributed by atoms with Gasteiger partial charge in [-0.25, -0.2) is 0 Å². The van der Waals surface area contributed by atoms with Gasteiger partial charge in [0, 0.05) is 6.92 Å². The summed E-state index contributed by atoms with van der Waals surface area (Å²) in [7, 11) is 0. The number of hydrogen-bond acceptors (Lipinski definition) is 6. The Morgan fingerprint density at radius 1 is 1.04 bits per heavy atom. The molecule has 0 aromatic heterocycles. The maximum absolute atomic E-state index is 12.7. The Kier molecular flexibility index (Phi) is 5.41. The van der Waals surface area contributed by atoms with E-state index in [0.29, 0.717) is 22.6 Å². The molecule has 0 N–H and O–H groups in total. The molecular formula is C20H20O6. The second-order valence-corrected chi connectivity index (χ2v) is 5.78. The fourth-order valence-corrected chi connectivity index (χ4v) is 2.92. The van der Waals surface area contributed by atoms with Crippen LogP contribution in [0, 0.1) is 0 Å². The molecule has 0 spiro atoms. The standard InChI is InChI=1S/C20H20O6/c1-3-23-20(22)18(14-7-5-4-6-8-14)19(26-13(2)21)15-9-10-16-17(11-15)25-12-24-16/h4-11,18-19H,3,12H2,1-2H3/t18-,19-/m0/s1. The largest absolute Gasteiger partial charge is 0.465 e. The first-order valence-electron chi connectivity index (χ1n) is 8.38. The molecule has 0 bridgehead atoms. The molecule has 0 saturated carbocycles. The molecule has 3 rings (SSSR count). The number of rotatable bonds is 6. The van der Waals surface area contributed by atoms with E-state index in [0.717, 1.165) is 0 Å². The van der Waals surface area contributed by atoms with Crippen molar-refractivity contribution in [1.29, 1.82) is 0 Å². The predicted molar refractivity (Wildman–Crippen MR) is 92.9 cm³/mol. The van der Waals surface area contributed by atoms with Gasteiger partial charge < -0.3 is 18.9 Å². The molecule has 0 radical (unpaired) electrons. The molecule has 0 unspecified atom stereocenters. The topological polar surface area (TPSA) is 71.1 Å². The molecule has 136 valence electrons. The van der Waals surface area contributed by atoms with Crippen molar-refractivity contribution in [2.75, 3.05) is 13.4 Å². The van der Waals surface area contributed by atoms with Crippen molar-refractivity contribution in [2.24, 2.45) is 0 Å². The first-order valence-corrected chi connectivity index (χ1v) is 8.38. The molecule has 2 aromatic rings. The second kappa shape index (κ2) is 7.91. The van der Waals surface area contributed by atoms with E-state index in [9.17, 15) is 9.59 Å². The van der Waals surface area contributed by atoms with Gasteiger partial charge >= 0.3 is 11.9 Å². The summed E-state index contributed by atoms with van der Waals surface area (Å²) in [5.41, 5.74) is 1.33. The van der Waals surface area contributed by atoms with Crippen LogP contribution in [0.25, 0.3) is 0 Å². The van der Waals surface area contributed by atoms with Crippen molar-refractivity contribution in [3.8, 4) is 11.5 Å². The summed E-state index contributed by atoms with van der Waals surface area (Å²) in [6, 6.07) is 14.4. The minimum Gasteiger partial charge on any atom is -0.465 e. The average Bonchev–Trinajstić information content (AvgIpc) is 3.09. The summed E-state index contributed by atoms with van der Waals surface area (Å²) >= 11 is 0. The van der Waals surface area contributed by atoms with Gasteiger partial charge in [0.1, 0.15) is 12.0 Å². The molecule has 2 atom stereocenters. The van der Waals surface area contributed by atoms with E-state index >= 15 is 0 Å². The van der Waals surface area contributed by atoms with Crippen LogP contribution >= 0.6 is 0 Å². The first-order chi connectivity index (χ1) is 12.6. The van der Waals surface area contributed by atoms with Crippen LogP contribution in [0.3, 0.4) is 0 Å². The Hall–Kier alpha value is -3.02. The van der Waals surface area contributed by atoms with Crippen molar-refractivity contribution in [3.05, 3.63) is 59.7 Å². The van der Waals surface area contributed by atoms with E-state index < -0.39 is 24.0 Å². The number of ether oxygens (including phenoxy) is 4. The Bertz CT molecular complexity index is 786. The molecule has 26 heavy (non-hydrogen) atoms. The van der Waals surface area contributed by atoms with Crippen LogP contribution in [-0.2, 0) is 19.1 Å². The van der Waals surface area contributed by atoms with E-state index in [1.54, 1.807) is 25.1 Å². The fourth-order valence-electron chi connectivity index (χ4n) is 2.92. The van der Waals surface area contributed by atoms with Crippen LogP contribution in [0.4, 0.5) is 0 Å². The van der Waals surface area contributed by atoms with Crippen molar-refractivity contribution < 1.29 is 28.5 Å². The number of carbonyl (C=O) groups excluding carboxylic acids is 2. The van der Waals surface area contributed by atoms with E-state index in [2.05, 4.69) is 0 Å². The van der Waals surface area contributed by atoms with Crippen LogP contribution in [0.15, 0.2) is 48.5 Å². The van der Waals surface area contributed by atoms with Gasteiger partial charge in [-0.05, 0) is 30.2 Å². The minimum absolute atomic E-state index is 0.136. The molecule has 0 aliphatic carbocycles. The Balaban J connectivity index is 2.05. The monoisotopic (exact) mass is 356 g/mol. The maximum Gasteiger partial charge on any atom is 0.317 e. The molecule has 0 amide bonds. The minimum atomic E-state index is -0.844. The third-order valence-corrected chi connectivity index (χ3v) is 4.02. The predicted octanol–water partition coefficient (Wildman–Crippen LogP) is 3.37. The summed E-state index contributed by atoms with van der Waals surface area (Å²) in [4.78, 5) is 24.5. The van der Waals surface area contributed by atoms with Crippen LogP contribution in [0.1, 0.15) is 37.0 Å². The number of carbonyl (C=O) groups is 2. The molecule has 6 heteroatoms. The van der Waals surface area contributed by atoms with Gasteiger partial charge in [-0.2, -0.15) is 0 Å². The van der Waals surface area contributed by atoms with Crippen molar-refractivity contribution in [2.45, 2.75) is 25.9 Å². The molecule has 0 saturated heterocycles. The molecule has 1 aliphatic heterocycles. The quantitative estimate of drug-likeness (QED) is 0.739. The first kappa shape index (κ1) is 17.8. The lowest BCUT2D eigenvalue weighted by molar-refractivity contribution is -0.156. The average molecular weight is 356 g/mol. The Morgan fingerprint density at radius 3 is 2.46 bits per heavy atom. The van der Waals surface area contributed by atoms with Crippen molar-refractivity contribution in [3.63, 3.8) is 0 Å². The van der Waals surface area contributed by atoms with Crippen LogP contribution in [0.2, 0.25) is 0 Å². The molecule has 6 nitrogen and oxygen atoms in total. The van der Waals surface area contributed by atoms with E-state index in [4.69, 9.17) is 18.9 Å². The molecule has 0 fully saturated rings. The second-order valence-electron chi connectivity index (χ2n) is 5.78. The van der Waals surface area contributed by atoms with E-state index in [1.165, 1.54) is 6.92 Å². The zero-order valence-electron chi connectivity index (χ0n) is 14.6. The number of hydrogen-bond donors (Lipinski definition) is 0. The van der Waals surface area contributed by atoms with Crippen LogP contribution in [-0.4, -0.2) is 25.3 Å². The number of esters is 2. The van der Waals surface area contributed by atoms with Crippen molar-refractivity contribution >= 4 is 11.9 Å². The SMILES string of the molecule is CCOC(=O)[C@@H](c1ccccc1)[C@@H](OC(C)=O)c1ccc2c(c1)OCO2. The van der Waals surface area contributed by atoms with Gasteiger partial charge in [0.2, 0.25) is 6.79 Å². The third-order valence-electron chi connectivity index (χ3n) is 4.02. The number of benzene rings is 2. The van der Waals surface area contributed by atoms with Gasteiger partial charge in [0.15, 0.2) is 11.5 Å². The van der Waals surface area contributed by atoms with Gasteiger partial charge in [-0.3, -0.25) is 9.59 Å². The van der Waals surface area contributed by atoms with E-state index in [1.807, 2.05) is 30.3 Å². The summed E-state index contributed by atoms with van der Waals surface area (Å²) < 4.78 is 21.5. The normalized spacial score (nSPS) is 14.4. The lowest BCUT2D eigenvalue weighted by Gasteiger charge is -2.26. The van der Waals surface area contributed by atoms with Gasteiger partial charge in [0.25, 0.3) is 0 Å². The third kappa shape index (κ3) is 3.79. The fraction of sp³-hybridized carbons (Fsp3) is 0.300.